The summed E-state index contributed by atoms with van der Waals surface area (Å²) < 4.78 is 42.3. The standard InChI is InChI=1S/C57H67N9O14S/c1-7-22-58-56(76)60-37-16-12-18-39(26-37)81(77,78)65-38-17-11-15-35(25-38)43(28-49(70)71)61-47(68)21-13-20-46(67)59-29-48(69)62-44(23-32(3)4)52(72)64-50(33(5)6)54(74)80-57(8-2)41-27-45-51-36(24-34-14-9-10-19-42(34)63-51)30-66(45)53(73)40(41)31-79-55(57)75/h9-12,14-19,24-27,32-33,43-44,50,65H,7-8,13,20-23,28-31H2,1-6H3,(H,59,67)(H,61,68)(H,62,69)(H,64,72)(H,70,71)(H2,58,60,76)/t43?,44-,50-,57-/m0/s1. The largest absolute Gasteiger partial charge is 0.481 e. The fourth-order valence-electron chi connectivity index (χ4n) is 9.58. The number of cyclic esters (lactones) is 1. The number of anilines is 2. The highest BCUT2D eigenvalue weighted by Crippen LogP contribution is 2.41. The van der Waals surface area contributed by atoms with Crippen molar-refractivity contribution in [3.05, 3.63) is 118 Å². The average molecular weight is 1130 g/mol. The molecule has 3 aromatic carbocycles. The summed E-state index contributed by atoms with van der Waals surface area (Å²) in [6.45, 7) is 10.2. The van der Waals surface area contributed by atoms with Gasteiger partial charge >= 0.3 is 23.9 Å². The van der Waals surface area contributed by atoms with Crippen molar-refractivity contribution < 1.29 is 61.4 Å². The van der Waals surface area contributed by atoms with Gasteiger partial charge in [0.1, 0.15) is 18.7 Å². The monoisotopic (exact) mass is 1130 g/mol. The zero-order chi connectivity index (χ0) is 58.8. The number of para-hydroxylation sites is 1. The molecule has 81 heavy (non-hydrogen) atoms. The summed E-state index contributed by atoms with van der Waals surface area (Å²) >= 11 is 0. The number of aliphatic carboxylic acids is 1. The molecular weight excluding hydrogens is 1070 g/mol. The first-order chi connectivity index (χ1) is 38.5. The molecule has 0 fully saturated rings. The van der Waals surface area contributed by atoms with Gasteiger partial charge in [0, 0.05) is 47.3 Å². The molecule has 0 saturated heterocycles. The Balaban J connectivity index is 0.925. The van der Waals surface area contributed by atoms with Gasteiger partial charge in [-0.25, -0.2) is 27.8 Å². The van der Waals surface area contributed by atoms with E-state index in [4.69, 9.17) is 14.5 Å². The molecule has 2 aromatic heterocycles. The second-order valence-electron chi connectivity index (χ2n) is 20.6. The van der Waals surface area contributed by atoms with Crippen molar-refractivity contribution in [3.8, 4) is 11.4 Å². The van der Waals surface area contributed by atoms with E-state index < -0.39 is 106 Å². The molecule has 0 aliphatic carbocycles. The van der Waals surface area contributed by atoms with E-state index >= 15 is 0 Å². The minimum absolute atomic E-state index is 0.0113. The van der Waals surface area contributed by atoms with E-state index in [0.717, 1.165) is 10.9 Å². The van der Waals surface area contributed by atoms with Gasteiger partial charge in [-0.3, -0.25) is 33.5 Å². The number of ether oxygens (including phenoxy) is 2. The van der Waals surface area contributed by atoms with E-state index in [1.54, 1.807) is 31.4 Å². The number of hydrogen-bond donors (Lipinski definition) is 8. The van der Waals surface area contributed by atoms with Crippen molar-refractivity contribution >= 4 is 79.9 Å². The van der Waals surface area contributed by atoms with Gasteiger partial charge in [0.2, 0.25) is 29.2 Å². The van der Waals surface area contributed by atoms with E-state index in [1.165, 1.54) is 48.5 Å². The lowest BCUT2D eigenvalue weighted by molar-refractivity contribution is -0.191. The third kappa shape index (κ3) is 14.6. The summed E-state index contributed by atoms with van der Waals surface area (Å²) in [5.41, 5.74) is 0.908. The van der Waals surface area contributed by atoms with Gasteiger partial charge in [-0.1, -0.05) is 77.9 Å². The molecule has 2 aliphatic rings. The number of urea groups is 1. The molecule has 7 rings (SSSR count). The number of nitrogens with one attached hydrogen (secondary N) is 7. The minimum Gasteiger partial charge on any atom is -0.481 e. The van der Waals surface area contributed by atoms with Crippen LogP contribution in [0.15, 0.2) is 94.6 Å². The van der Waals surface area contributed by atoms with Crippen LogP contribution in [0, 0.1) is 11.8 Å². The van der Waals surface area contributed by atoms with Crippen LogP contribution >= 0.6 is 0 Å². The van der Waals surface area contributed by atoms with Crippen molar-refractivity contribution in [2.24, 2.45) is 11.8 Å². The number of sulfonamides is 1. The summed E-state index contributed by atoms with van der Waals surface area (Å²) in [6.07, 6.45) is -0.310. The summed E-state index contributed by atoms with van der Waals surface area (Å²) in [6, 6.07) is 18.4. The number of amides is 6. The Labute approximate surface area is 467 Å². The molecule has 4 atom stereocenters. The molecule has 24 heteroatoms. The molecule has 430 valence electrons. The van der Waals surface area contributed by atoms with E-state index in [-0.39, 0.29) is 84.1 Å². The molecule has 0 radical (unpaired) electrons. The molecule has 1 unspecified atom stereocenters. The molecule has 8 N–H and O–H groups in total. The third-order valence-corrected chi connectivity index (χ3v) is 15.1. The number of carboxylic acid groups (broad SMARTS) is 1. The predicted octanol–water partition coefficient (Wildman–Crippen LogP) is 5.25. The highest BCUT2D eigenvalue weighted by atomic mass is 32.2. The molecule has 23 nitrogen and oxygen atoms in total. The zero-order valence-electron chi connectivity index (χ0n) is 45.8. The summed E-state index contributed by atoms with van der Waals surface area (Å²) in [7, 11) is -4.20. The Morgan fingerprint density at radius 1 is 0.827 bits per heavy atom. The van der Waals surface area contributed by atoms with Crippen LogP contribution in [0.25, 0.3) is 22.3 Å². The van der Waals surface area contributed by atoms with Gasteiger partial charge in [-0.05, 0) is 91.6 Å². The van der Waals surface area contributed by atoms with E-state index in [0.29, 0.717) is 29.9 Å². The van der Waals surface area contributed by atoms with E-state index in [1.807, 2.05) is 51.1 Å². The Hall–Kier alpha value is -8.67. The molecular formula is C57H67N9O14S. The second kappa shape index (κ2) is 26.1. The molecule has 2 aliphatic heterocycles. The van der Waals surface area contributed by atoms with Gasteiger partial charge in [-0.15, -0.1) is 0 Å². The van der Waals surface area contributed by atoms with Gasteiger partial charge < -0.3 is 51.0 Å². The first kappa shape index (κ1) is 60.0. The smallest absolute Gasteiger partial charge is 0.355 e. The number of pyridine rings is 2. The quantitative estimate of drug-likeness (QED) is 0.0339. The number of fused-ring (bicyclic) bond motifs is 5. The molecule has 0 spiro atoms. The van der Waals surface area contributed by atoms with Crippen LogP contribution in [0.5, 0.6) is 0 Å². The average Bonchev–Trinajstić information content (AvgIpc) is 4.07. The molecule has 0 bridgehead atoms. The van der Waals surface area contributed by atoms with Gasteiger partial charge in [-0.2, -0.15) is 0 Å². The van der Waals surface area contributed by atoms with Crippen molar-refractivity contribution in [2.45, 2.75) is 128 Å². The number of hydrogen-bond acceptors (Lipinski definition) is 14. The van der Waals surface area contributed by atoms with Crippen molar-refractivity contribution in [3.63, 3.8) is 0 Å². The summed E-state index contributed by atoms with van der Waals surface area (Å²) in [5.74, 6) is -6.57. The first-order valence-electron chi connectivity index (χ1n) is 26.7. The number of carbonyl (C=O) groups is 8. The van der Waals surface area contributed by atoms with Crippen LogP contribution in [-0.2, 0) is 71.8 Å². The summed E-state index contributed by atoms with van der Waals surface area (Å²) in [4.78, 5) is 124. The topological polar surface area (TPSA) is 328 Å². The number of carboxylic acids is 1. The Morgan fingerprint density at radius 2 is 1.56 bits per heavy atom. The maximum absolute atomic E-state index is 14.3. The Bertz CT molecular complexity index is 3440. The van der Waals surface area contributed by atoms with Crippen molar-refractivity contribution in [1.82, 2.24) is 36.1 Å². The Kier molecular flexibility index (Phi) is 19.3. The fourth-order valence-corrected chi connectivity index (χ4v) is 10.7. The number of rotatable bonds is 25. The first-order valence-corrected chi connectivity index (χ1v) is 28.2. The van der Waals surface area contributed by atoms with Gasteiger partial charge in [0.05, 0.1) is 52.9 Å². The molecule has 6 amide bonds. The Morgan fingerprint density at radius 3 is 2.27 bits per heavy atom. The van der Waals surface area contributed by atoms with Gasteiger partial charge in [0.15, 0.2) is 0 Å². The third-order valence-electron chi connectivity index (χ3n) is 13.7. The minimum atomic E-state index is -4.20. The second-order valence-corrected chi connectivity index (χ2v) is 22.3. The summed E-state index contributed by atoms with van der Waals surface area (Å²) in [5, 5.41) is 26.2. The predicted molar refractivity (Wildman–Crippen MR) is 298 cm³/mol. The molecule has 0 saturated carbocycles. The van der Waals surface area contributed by atoms with Crippen LogP contribution in [0.3, 0.4) is 0 Å². The molecule has 4 heterocycles. The zero-order valence-corrected chi connectivity index (χ0v) is 46.6. The van der Waals surface area contributed by atoms with E-state index in [9.17, 15) is 56.7 Å². The van der Waals surface area contributed by atoms with E-state index in [2.05, 4.69) is 36.6 Å². The normalized spacial score (nSPS) is 15.4. The van der Waals surface area contributed by atoms with Crippen LogP contribution in [0.2, 0.25) is 0 Å². The highest BCUT2D eigenvalue weighted by molar-refractivity contribution is 7.92. The fraction of sp³-hybridized carbons (Fsp3) is 0.404. The van der Waals surface area contributed by atoms with Crippen LogP contribution < -0.4 is 42.2 Å². The lowest BCUT2D eigenvalue weighted by Crippen LogP contribution is -2.56. The molecule has 5 aromatic rings. The van der Waals surface area contributed by atoms with Crippen LogP contribution in [0.4, 0.5) is 16.2 Å². The maximum atomic E-state index is 14.3. The number of benzene rings is 3. The maximum Gasteiger partial charge on any atom is 0.355 e. The number of aromatic nitrogens is 2. The lowest BCUT2D eigenvalue weighted by atomic mass is 9.85. The number of esters is 2. The van der Waals surface area contributed by atoms with Crippen LogP contribution in [0.1, 0.15) is 115 Å². The number of carbonyl (C=O) groups excluding carboxylic acids is 7. The van der Waals surface area contributed by atoms with Crippen LogP contribution in [-0.4, -0.2) is 95.8 Å². The van der Waals surface area contributed by atoms with Gasteiger partial charge in [0.25, 0.3) is 15.6 Å². The number of nitrogens with zero attached hydrogens (tertiary/aromatic N) is 2. The highest BCUT2D eigenvalue weighted by Gasteiger charge is 2.51. The lowest BCUT2D eigenvalue weighted by Gasteiger charge is -2.37. The van der Waals surface area contributed by atoms with Crippen molar-refractivity contribution in [2.75, 3.05) is 23.1 Å². The SMILES string of the molecule is CCCNC(=O)Nc1cccc(S(=O)(=O)Nc2cccc(C(CC(=O)O)NC(=O)CCCC(=O)NCC(=O)N[C@@H](CC(C)C)C(=O)N[C@H](C(=O)O[C@]3(CC)C(=O)OCc4c3cc3n(c4=O)Cc4cc5ccccc5nc4-3)C(C)C)c2)c1. The van der Waals surface area contributed by atoms with Crippen molar-refractivity contribution in [1.29, 1.82) is 0 Å².